The maximum Gasteiger partial charge on any atom is 0.191 e. The highest BCUT2D eigenvalue weighted by Gasteiger charge is 2.44. The van der Waals surface area contributed by atoms with Crippen molar-refractivity contribution in [1.29, 1.82) is 0 Å². The van der Waals surface area contributed by atoms with Crippen molar-refractivity contribution in [3.8, 4) is 0 Å². The van der Waals surface area contributed by atoms with E-state index in [2.05, 4.69) is 46.8 Å². The number of benzene rings is 1. The van der Waals surface area contributed by atoms with E-state index in [1.54, 1.807) is 0 Å². The first-order valence-corrected chi connectivity index (χ1v) is 9.93. The van der Waals surface area contributed by atoms with Gasteiger partial charge in [-0.1, -0.05) is 24.3 Å². The van der Waals surface area contributed by atoms with E-state index in [9.17, 15) is 0 Å². The molecule has 1 aliphatic carbocycles. The molecular weight excluding hydrogens is 453 g/mol. The van der Waals surface area contributed by atoms with Gasteiger partial charge in [0.05, 0.1) is 12.7 Å². The summed E-state index contributed by atoms with van der Waals surface area (Å²) in [6, 6.07) is 8.74. The first-order valence-electron chi connectivity index (χ1n) is 9.93. The molecule has 0 bridgehead atoms. The maximum absolute atomic E-state index is 5.70. The minimum atomic E-state index is 0. The SMILES string of the molecule is CN=C(NCCCOCC1CCCO1)NCC1(c2ccccc2C)CC1.I. The number of nitrogens with zero attached hydrogens (tertiary/aromatic N) is 1. The summed E-state index contributed by atoms with van der Waals surface area (Å²) in [5.74, 6) is 0.879. The molecular formula is C21H34IN3O2. The molecule has 1 aromatic rings. The van der Waals surface area contributed by atoms with Crippen LogP contribution in [0.15, 0.2) is 29.3 Å². The molecule has 1 heterocycles. The lowest BCUT2D eigenvalue weighted by Gasteiger charge is -2.20. The van der Waals surface area contributed by atoms with Crippen molar-refractivity contribution in [1.82, 2.24) is 10.6 Å². The van der Waals surface area contributed by atoms with Crippen LogP contribution in [0.4, 0.5) is 0 Å². The lowest BCUT2D eigenvalue weighted by Crippen LogP contribution is -2.41. The molecule has 2 aliphatic rings. The van der Waals surface area contributed by atoms with Gasteiger partial charge in [-0.05, 0) is 50.2 Å². The van der Waals surface area contributed by atoms with E-state index in [1.807, 2.05) is 7.05 Å². The predicted octanol–water partition coefficient (Wildman–Crippen LogP) is 3.40. The van der Waals surface area contributed by atoms with Gasteiger partial charge in [0.15, 0.2) is 5.96 Å². The van der Waals surface area contributed by atoms with E-state index in [0.717, 1.165) is 51.7 Å². The molecule has 6 heteroatoms. The number of halogens is 1. The molecule has 1 aromatic carbocycles. The molecule has 0 aromatic heterocycles. The Hall–Kier alpha value is -0.860. The summed E-state index contributed by atoms with van der Waals surface area (Å²) in [4.78, 5) is 4.35. The van der Waals surface area contributed by atoms with E-state index in [-0.39, 0.29) is 29.4 Å². The molecule has 2 fully saturated rings. The van der Waals surface area contributed by atoms with E-state index < -0.39 is 0 Å². The number of hydrogen-bond acceptors (Lipinski definition) is 3. The van der Waals surface area contributed by atoms with Gasteiger partial charge in [0, 0.05) is 38.8 Å². The Kier molecular flexibility index (Phi) is 9.32. The van der Waals surface area contributed by atoms with Crippen molar-refractivity contribution in [2.45, 2.75) is 50.5 Å². The van der Waals surface area contributed by atoms with E-state index in [1.165, 1.54) is 30.4 Å². The van der Waals surface area contributed by atoms with Gasteiger partial charge in [-0.3, -0.25) is 4.99 Å². The highest BCUT2D eigenvalue weighted by Crippen LogP contribution is 2.48. The molecule has 1 aliphatic heterocycles. The number of ether oxygens (including phenoxy) is 2. The molecule has 2 N–H and O–H groups in total. The number of aliphatic imine (C=N–C) groups is 1. The van der Waals surface area contributed by atoms with Crippen LogP contribution in [0.2, 0.25) is 0 Å². The monoisotopic (exact) mass is 487 g/mol. The summed E-state index contributed by atoms with van der Waals surface area (Å²) in [5.41, 5.74) is 3.15. The molecule has 1 saturated carbocycles. The van der Waals surface area contributed by atoms with Gasteiger partial charge in [0.2, 0.25) is 0 Å². The Bertz CT molecular complexity index is 599. The third kappa shape index (κ3) is 6.61. The summed E-state index contributed by atoms with van der Waals surface area (Å²) in [7, 11) is 1.83. The number of rotatable bonds is 9. The lowest BCUT2D eigenvalue weighted by atomic mass is 9.92. The quantitative estimate of drug-likeness (QED) is 0.243. The summed E-state index contributed by atoms with van der Waals surface area (Å²) in [5, 5.41) is 6.90. The van der Waals surface area contributed by atoms with E-state index in [0.29, 0.717) is 6.10 Å². The van der Waals surface area contributed by atoms with Gasteiger partial charge < -0.3 is 20.1 Å². The minimum absolute atomic E-state index is 0. The van der Waals surface area contributed by atoms with Gasteiger partial charge in [0.1, 0.15) is 0 Å². The fraction of sp³-hybridized carbons (Fsp3) is 0.667. The lowest BCUT2D eigenvalue weighted by molar-refractivity contribution is 0.0168. The van der Waals surface area contributed by atoms with Crippen LogP contribution in [-0.4, -0.2) is 52.0 Å². The molecule has 0 spiro atoms. The van der Waals surface area contributed by atoms with Crippen LogP contribution in [0, 0.1) is 6.92 Å². The Morgan fingerprint density at radius 1 is 1.30 bits per heavy atom. The van der Waals surface area contributed by atoms with E-state index >= 15 is 0 Å². The molecule has 1 saturated heterocycles. The molecule has 5 nitrogen and oxygen atoms in total. The maximum atomic E-state index is 5.70. The Morgan fingerprint density at radius 2 is 2.11 bits per heavy atom. The summed E-state index contributed by atoms with van der Waals surface area (Å²) in [6.45, 7) is 6.39. The first kappa shape index (κ1) is 22.4. The zero-order chi connectivity index (χ0) is 18.2. The molecule has 1 unspecified atom stereocenters. The number of aryl methyl sites for hydroxylation is 1. The predicted molar refractivity (Wildman–Crippen MR) is 121 cm³/mol. The van der Waals surface area contributed by atoms with Gasteiger partial charge in [-0.2, -0.15) is 0 Å². The van der Waals surface area contributed by atoms with E-state index in [4.69, 9.17) is 9.47 Å². The van der Waals surface area contributed by atoms with Crippen molar-refractivity contribution < 1.29 is 9.47 Å². The van der Waals surface area contributed by atoms with Crippen LogP contribution in [-0.2, 0) is 14.9 Å². The molecule has 1 atom stereocenters. The standard InChI is InChI=1S/C21H33N3O2.HI/c1-17-7-3-4-9-19(17)21(10-11-21)16-24-20(22-2)23-12-6-13-25-15-18-8-5-14-26-18;/h3-4,7,9,18H,5-6,8,10-16H2,1-2H3,(H2,22,23,24);1H. The van der Waals surface area contributed by atoms with Crippen LogP contribution in [0.5, 0.6) is 0 Å². The van der Waals surface area contributed by atoms with Gasteiger partial charge in [-0.25, -0.2) is 0 Å². The minimum Gasteiger partial charge on any atom is -0.379 e. The second-order valence-corrected chi connectivity index (χ2v) is 7.51. The average molecular weight is 487 g/mol. The molecule has 27 heavy (non-hydrogen) atoms. The van der Waals surface area contributed by atoms with Crippen molar-refractivity contribution in [3.63, 3.8) is 0 Å². The first-order chi connectivity index (χ1) is 12.7. The Balaban J connectivity index is 0.00000261. The van der Waals surface area contributed by atoms with Crippen LogP contribution in [0.3, 0.4) is 0 Å². The topological polar surface area (TPSA) is 54.9 Å². The van der Waals surface area contributed by atoms with Gasteiger partial charge in [0.25, 0.3) is 0 Å². The van der Waals surface area contributed by atoms with Crippen molar-refractivity contribution in [2.24, 2.45) is 4.99 Å². The summed E-state index contributed by atoms with van der Waals surface area (Å²) < 4.78 is 11.3. The highest BCUT2D eigenvalue weighted by atomic mass is 127. The molecule has 152 valence electrons. The van der Waals surface area contributed by atoms with Crippen molar-refractivity contribution in [3.05, 3.63) is 35.4 Å². The molecule has 0 amide bonds. The average Bonchev–Trinajstić information content (AvgIpc) is 3.26. The fourth-order valence-electron chi connectivity index (χ4n) is 3.71. The van der Waals surface area contributed by atoms with Crippen LogP contribution in [0.25, 0.3) is 0 Å². The molecule has 0 radical (unpaired) electrons. The van der Waals surface area contributed by atoms with Crippen LogP contribution in [0.1, 0.15) is 43.2 Å². The Morgan fingerprint density at radius 3 is 2.78 bits per heavy atom. The Labute approximate surface area is 180 Å². The second-order valence-electron chi connectivity index (χ2n) is 7.51. The third-order valence-corrected chi connectivity index (χ3v) is 5.47. The number of hydrogen-bond donors (Lipinski definition) is 2. The number of guanidine groups is 1. The third-order valence-electron chi connectivity index (χ3n) is 5.47. The summed E-state index contributed by atoms with van der Waals surface area (Å²) in [6.07, 6.45) is 6.08. The van der Waals surface area contributed by atoms with Gasteiger partial charge >= 0.3 is 0 Å². The molecule has 3 rings (SSSR count). The van der Waals surface area contributed by atoms with Crippen molar-refractivity contribution in [2.75, 3.05) is 40.0 Å². The zero-order valence-electron chi connectivity index (χ0n) is 16.6. The number of nitrogens with one attached hydrogen (secondary N) is 2. The zero-order valence-corrected chi connectivity index (χ0v) is 19.0. The van der Waals surface area contributed by atoms with Crippen LogP contribution < -0.4 is 10.6 Å². The van der Waals surface area contributed by atoms with Crippen LogP contribution >= 0.6 is 24.0 Å². The van der Waals surface area contributed by atoms with Crippen molar-refractivity contribution >= 4 is 29.9 Å². The summed E-state index contributed by atoms with van der Waals surface area (Å²) >= 11 is 0. The highest BCUT2D eigenvalue weighted by molar-refractivity contribution is 14.0. The smallest absolute Gasteiger partial charge is 0.191 e. The largest absolute Gasteiger partial charge is 0.379 e. The fourth-order valence-corrected chi connectivity index (χ4v) is 3.71. The van der Waals surface area contributed by atoms with Gasteiger partial charge in [-0.15, -0.1) is 24.0 Å². The normalized spacial score (nSPS) is 20.8. The second kappa shape index (κ2) is 11.2.